The normalized spacial score (nSPS) is 12.0. The molecule has 0 unspecified atom stereocenters. The van der Waals surface area contributed by atoms with Crippen LogP contribution in [0.1, 0.15) is 18.5 Å². The molecular formula is C14H12BrFN2O3. The highest BCUT2D eigenvalue weighted by Crippen LogP contribution is 2.31. The van der Waals surface area contributed by atoms with Crippen molar-refractivity contribution in [2.45, 2.75) is 13.0 Å². The molecule has 2 rings (SSSR count). The van der Waals surface area contributed by atoms with Gasteiger partial charge >= 0.3 is 5.69 Å². The highest BCUT2D eigenvalue weighted by atomic mass is 79.9. The molecule has 21 heavy (non-hydrogen) atoms. The van der Waals surface area contributed by atoms with Gasteiger partial charge < -0.3 is 10.5 Å². The van der Waals surface area contributed by atoms with Crippen molar-refractivity contribution in [3.8, 4) is 11.5 Å². The maximum absolute atomic E-state index is 13.5. The topological polar surface area (TPSA) is 78.4 Å². The van der Waals surface area contributed by atoms with E-state index in [0.717, 1.165) is 22.2 Å². The van der Waals surface area contributed by atoms with Gasteiger partial charge in [-0.1, -0.05) is 22.0 Å². The molecule has 0 aliphatic carbocycles. The molecule has 0 aliphatic rings. The molecule has 0 radical (unpaired) electrons. The third-order valence-corrected chi connectivity index (χ3v) is 3.50. The molecule has 5 nitrogen and oxygen atoms in total. The molecule has 110 valence electrons. The van der Waals surface area contributed by atoms with Crippen LogP contribution >= 0.6 is 15.9 Å². The molecule has 1 atom stereocenters. The molecule has 0 aliphatic heterocycles. The smallest absolute Gasteiger partial charge is 0.305 e. The molecule has 0 spiro atoms. The first-order valence-electron chi connectivity index (χ1n) is 6.05. The lowest BCUT2D eigenvalue weighted by Gasteiger charge is -2.11. The zero-order valence-electron chi connectivity index (χ0n) is 11.0. The molecule has 0 fully saturated rings. The average molecular weight is 355 g/mol. The summed E-state index contributed by atoms with van der Waals surface area (Å²) >= 11 is 3.38. The van der Waals surface area contributed by atoms with Crippen LogP contribution in [0.25, 0.3) is 0 Å². The standard InChI is InChI=1S/C14H12BrFN2O3/c1-8(17)11-4-2-9(6-12(11)15)21-10-3-5-14(18(19)20)13(16)7-10/h2-8H,17H2,1H3/t8-/m0/s1. The number of nitrogens with two attached hydrogens (primary N) is 1. The van der Waals surface area contributed by atoms with Gasteiger partial charge in [-0.25, -0.2) is 0 Å². The molecule has 7 heteroatoms. The first-order valence-corrected chi connectivity index (χ1v) is 6.84. The van der Waals surface area contributed by atoms with Crippen LogP contribution in [0.5, 0.6) is 11.5 Å². The van der Waals surface area contributed by atoms with Gasteiger partial charge in [-0.05, 0) is 30.7 Å². The van der Waals surface area contributed by atoms with E-state index in [1.54, 1.807) is 18.2 Å². The van der Waals surface area contributed by atoms with E-state index < -0.39 is 16.4 Å². The van der Waals surface area contributed by atoms with Gasteiger partial charge in [-0.2, -0.15) is 4.39 Å². The van der Waals surface area contributed by atoms with Gasteiger partial charge in [0.15, 0.2) is 0 Å². The highest BCUT2D eigenvalue weighted by Gasteiger charge is 2.15. The fourth-order valence-electron chi connectivity index (χ4n) is 1.78. The Bertz CT molecular complexity index is 692. The van der Waals surface area contributed by atoms with Crippen molar-refractivity contribution < 1.29 is 14.1 Å². The van der Waals surface area contributed by atoms with Gasteiger partial charge in [-0.15, -0.1) is 0 Å². The van der Waals surface area contributed by atoms with E-state index >= 15 is 0 Å². The number of halogens is 2. The Balaban J connectivity index is 2.24. The van der Waals surface area contributed by atoms with Crippen LogP contribution in [0, 0.1) is 15.9 Å². The van der Waals surface area contributed by atoms with Crippen molar-refractivity contribution in [2.75, 3.05) is 0 Å². The number of rotatable bonds is 4. The van der Waals surface area contributed by atoms with E-state index in [1.165, 1.54) is 6.07 Å². The SMILES string of the molecule is C[C@H](N)c1ccc(Oc2ccc([N+](=O)[O-])c(F)c2)cc1Br. The summed E-state index contributed by atoms with van der Waals surface area (Å²) < 4.78 is 19.8. The van der Waals surface area contributed by atoms with Crippen molar-refractivity contribution in [2.24, 2.45) is 5.73 Å². The Labute approximate surface area is 128 Å². The molecule has 0 heterocycles. The number of nitro groups is 1. The fourth-order valence-corrected chi connectivity index (χ4v) is 2.49. The molecule has 0 amide bonds. The van der Waals surface area contributed by atoms with Gasteiger partial charge in [-0.3, -0.25) is 10.1 Å². The number of nitrogens with zero attached hydrogens (tertiary/aromatic N) is 1. The molecule has 0 saturated carbocycles. The lowest BCUT2D eigenvalue weighted by Crippen LogP contribution is -2.05. The second-order valence-electron chi connectivity index (χ2n) is 4.44. The number of ether oxygens (including phenoxy) is 1. The Morgan fingerprint density at radius 3 is 2.43 bits per heavy atom. The Morgan fingerprint density at radius 2 is 1.90 bits per heavy atom. The van der Waals surface area contributed by atoms with Crippen molar-refractivity contribution >= 4 is 21.6 Å². The number of hydrogen-bond donors (Lipinski definition) is 1. The first-order chi connectivity index (χ1) is 9.88. The van der Waals surface area contributed by atoms with Gasteiger partial charge in [0.05, 0.1) is 4.92 Å². The van der Waals surface area contributed by atoms with Gasteiger partial charge in [0.2, 0.25) is 5.82 Å². The maximum atomic E-state index is 13.5. The fraction of sp³-hybridized carbons (Fsp3) is 0.143. The third kappa shape index (κ3) is 3.56. The summed E-state index contributed by atoms with van der Waals surface area (Å²) in [7, 11) is 0. The van der Waals surface area contributed by atoms with Crippen LogP contribution in [-0.4, -0.2) is 4.92 Å². The largest absolute Gasteiger partial charge is 0.457 e. The van der Waals surface area contributed by atoms with Crippen LogP contribution in [0.15, 0.2) is 40.9 Å². The predicted molar refractivity (Wildman–Crippen MR) is 79.9 cm³/mol. The van der Waals surface area contributed by atoms with Crippen LogP contribution < -0.4 is 10.5 Å². The lowest BCUT2D eigenvalue weighted by atomic mass is 10.1. The molecule has 0 saturated heterocycles. The summed E-state index contributed by atoms with van der Waals surface area (Å²) in [6, 6.07) is 8.45. The summed E-state index contributed by atoms with van der Waals surface area (Å²) in [5, 5.41) is 10.5. The Kier molecular flexibility index (Phi) is 4.54. The molecule has 2 N–H and O–H groups in total. The van der Waals surface area contributed by atoms with Crippen LogP contribution in [-0.2, 0) is 0 Å². The second kappa shape index (κ2) is 6.19. The summed E-state index contributed by atoms with van der Waals surface area (Å²) in [6.45, 7) is 1.85. The third-order valence-electron chi connectivity index (χ3n) is 2.81. The van der Waals surface area contributed by atoms with Crippen molar-refractivity contribution in [3.63, 3.8) is 0 Å². The number of benzene rings is 2. The van der Waals surface area contributed by atoms with Crippen LogP contribution in [0.2, 0.25) is 0 Å². The Morgan fingerprint density at radius 1 is 1.29 bits per heavy atom. The highest BCUT2D eigenvalue weighted by molar-refractivity contribution is 9.10. The van der Waals surface area contributed by atoms with Gasteiger partial charge in [0.1, 0.15) is 11.5 Å². The minimum absolute atomic E-state index is 0.134. The van der Waals surface area contributed by atoms with Crippen molar-refractivity contribution in [1.82, 2.24) is 0 Å². The predicted octanol–water partition coefficient (Wildman–Crippen LogP) is 4.31. The molecule has 2 aromatic carbocycles. The second-order valence-corrected chi connectivity index (χ2v) is 5.30. The summed E-state index contributed by atoms with van der Waals surface area (Å²) in [5.74, 6) is -0.290. The van der Waals surface area contributed by atoms with E-state index in [0.29, 0.717) is 5.75 Å². The summed E-state index contributed by atoms with van der Waals surface area (Å²) in [4.78, 5) is 9.76. The van der Waals surface area contributed by atoms with E-state index in [-0.39, 0.29) is 11.8 Å². The molecule has 0 aromatic heterocycles. The van der Waals surface area contributed by atoms with Crippen LogP contribution in [0.3, 0.4) is 0 Å². The van der Waals surface area contributed by atoms with Gasteiger partial charge in [0, 0.05) is 22.6 Å². The lowest BCUT2D eigenvalue weighted by molar-refractivity contribution is -0.387. The van der Waals surface area contributed by atoms with E-state index in [2.05, 4.69) is 15.9 Å². The zero-order chi connectivity index (χ0) is 15.6. The maximum Gasteiger partial charge on any atom is 0.305 e. The first kappa shape index (κ1) is 15.4. The summed E-state index contributed by atoms with van der Waals surface area (Å²) in [6.07, 6.45) is 0. The quantitative estimate of drug-likeness (QED) is 0.655. The molecule has 2 aromatic rings. The summed E-state index contributed by atoms with van der Waals surface area (Å²) in [5.41, 5.74) is 6.12. The average Bonchev–Trinajstić information content (AvgIpc) is 2.37. The minimum Gasteiger partial charge on any atom is -0.457 e. The van der Waals surface area contributed by atoms with E-state index in [4.69, 9.17) is 10.5 Å². The zero-order valence-corrected chi connectivity index (χ0v) is 12.6. The minimum atomic E-state index is -0.941. The number of hydrogen-bond acceptors (Lipinski definition) is 4. The molecular weight excluding hydrogens is 343 g/mol. The number of nitro benzene ring substituents is 1. The van der Waals surface area contributed by atoms with E-state index in [9.17, 15) is 14.5 Å². The van der Waals surface area contributed by atoms with Gasteiger partial charge in [0.25, 0.3) is 0 Å². The molecule has 0 bridgehead atoms. The van der Waals surface area contributed by atoms with Crippen molar-refractivity contribution in [3.05, 3.63) is 62.4 Å². The van der Waals surface area contributed by atoms with E-state index in [1.807, 2.05) is 6.92 Å². The van der Waals surface area contributed by atoms with Crippen molar-refractivity contribution in [1.29, 1.82) is 0 Å². The Hall–Kier alpha value is -1.99. The monoisotopic (exact) mass is 354 g/mol. The van der Waals surface area contributed by atoms with Crippen LogP contribution in [0.4, 0.5) is 10.1 Å².